The Bertz CT molecular complexity index is 1380. The third-order valence-electron chi connectivity index (χ3n) is 7.74. The van der Waals surface area contributed by atoms with Crippen molar-refractivity contribution in [1.29, 1.82) is 0 Å². The molecular weight excluding hydrogens is 574 g/mol. The van der Waals surface area contributed by atoms with Gasteiger partial charge in [0.15, 0.2) is 5.82 Å². The number of fused-ring (bicyclic) bond motifs is 1. The van der Waals surface area contributed by atoms with E-state index in [2.05, 4.69) is 22.1 Å². The maximum Gasteiger partial charge on any atom is 0.416 e. The van der Waals surface area contributed by atoms with Crippen LogP contribution in [0.25, 0.3) is 0 Å². The van der Waals surface area contributed by atoms with E-state index in [4.69, 9.17) is 5.11 Å². The molecule has 0 radical (unpaired) electrons. The van der Waals surface area contributed by atoms with Gasteiger partial charge in [-0.05, 0) is 92.0 Å². The zero-order valence-corrected chi connectivity index (χ0v) is 24.2. The van der Waals surface area contributed by atoms with Gasteiger partial charge in [-0.2, -0.15) is 31.4 Å². The number of hydrogen-bond acceptors (Lipinski definition) is 4. The normalized spacial score (nSPS) is 13.6. The average Bonchev–Trinajstić information content (AvgIpc) is 3.37. The van der Waals surface area contributed by atoms with Crippen LogP contribution >= 0.6 is 0 Å². The van der Waals surface area contributed by atoms with Crippen molar-refractivity contribution in [3.05, 3.63) is 76.0 Å². The summed E-state index contributed by atoms with van der Waals surface area (Å²) in [6, 6.07) is 7.60. The van der Waals surface area contributed by atoms with E-state index >= 15 is 0 Å². The van der Waals surface area contributed by atoms with Crippen molar-refractivity contribution < 1.29 is 36.2 Å². The molecule has 0 bridgehead atoms. The quantitative estimate of drug-likeness (QED) is 0.169. The molecule has 2 aromatic carbocycles. The van der Waals surface area contributed by atoms with Crippen LogP contribution in [0.3, 0.4) is 0 Å². The topological polar surface area (TPSA) is 61.6 Å². The van der Waals surface area contributed by atoms with Crippen molar-refractivity contribution in [1.82, 2.24) is 9.78 Å². The maximum absolute atomic E-state index is 13.6. The van der Waals surface area contributed by atoms with Crippen molar-refractivity contribution >= 4 is 17.5 Å². The number of aryl methyl sites for hydroxylation is 3. The summed E-state index contributed by atoms with van der Waals surface area (Å²) in [4.78, 5) is 14.9. The molecule has 0 amide bonds. The number of rotatable bonds is 12. The molecule has 0 atom stereocenters. The van der Waals surface area contributed by atoms with Crippen LogP contribution in [0.4, 0.5) is 37.8 Å². The molecule has 1 aliphatic carbocycles. The molecule has 0 fully saturated rings. The van der Waals surface area contributed by atoms with Crippen molar-refractivity contribution in [2.75, 3.05) is 22.9 Å². The summed E-state index contributed by atoms with van der Waals surface area (Å²) < 4.78 is 83.3. The van der Waals surface area contributed by atoms with Gasteiger partial charge in [0.1, 0.15) is 0 Å². The molecule has 3 aromatic rings. The summed E-state index contributed by atoms with van der Waals surface area (Å²) in [7, 11) is 1.69. The number of aromatic nitrogens is 2. The second-order valence-electron chi connectivity index (χ2n) is 11.0. The lowest BCUT2D eigenvalue weighted by Gasteiger charge is -2.31. The Morgan fingerprint density at radius 1 is 0.907 bits per heavy atom. The van der Waals surface area contributed by atoms with Crippen LogP contribution in [0, 0.1) is 0 Å². The lowest BCUT2D eigenvalue weighted by molar-refractivity contribution is -0.143. The molecule has 1 heterocycles. The Kier molecular flexibility index (Phi) is 9.96. The Morgan fingerprint density at radius 2 is 1.53 bits per heavy atom. The summed E-state index contributed by atoms with van der Waals surface area (Å²) in [5.74, 6) is -0.437. The van der Waals surface area contributed by atoms with E-state index in [0.717, 1.165) is 49.1 Å². The fraction of sp³-hybridized carbons (Fsp3) is 0.484. The second-order valence-corrected chi connectivity index (χ2v) is 11.0. The highest BCUT2D eigenvalue weighted by Crippen LogP contribution is 2.37. The number of carboxylic acid groups (broad SMARTS) is 1. The summed E-state index contributed by atoms with van der Waals surface area (Å²) in [6.45, 7) is 3.22. The lowest BCUT2D eigenvalue weighted by Crippen LogP contribution is -2.29. The standard InChI is InChI=1S/C31H36F6N4O2/c1-3-40(12-7-6-10-29(42)43)27-17-23-9-5-4-8-22(23)16-24(27)20-41(28-11-13-39(2)38-28)19-21-14-25(30(32,33)34)18-26(15-21)31(35,36)37/h11,13-18H,3-10,12,19-20H2,1-2H3,(H,42,43). The molecule has 0 saturated carbocycles. The minimum atomic E-state index is -4.94. The molecule has 0 saturated heterocycles. The predicted molar refractivity (Wildman–Crippen MR) is 152 cm³/mol. The third-order valence-corrected chi connectivity index (χ3v) is 7.74. The first-order chi connectivity index (χ1) is 20.2. The molecule has 0 aliphatic heterocycles. The van der Waals surface area contributed by atoms with Crippen molar-refractivity contribution in [2.45, 2.75) is 77.3 Å². The first-order valence-electron chi connectivity index (χ1n) is 14.4. The number of carboxylic acids is 1. The van der Waals surface area contributed by atoms with Gasteiger partial charge in [-0.1, -0.05) is 6.07 Å². The number of alkyl halides is 6. The highest BCUT2D eigenvalue weighted by atomic mass is 19.4. The minimum Gasteiger partial charge on any atom is -0.481 e. The SMILES string of the molecule is CCN(CCCCC(=O)O)c1cc2c(cc1CN(Cc1cc(C(F)(F)F)cc(C(F)(F)F)c1)c1ccn(C)n1)CCCC2. The number of carbonyl (C=O) groups is 1. The van der Waals surface area contributed by atoms with Gasteiger partial charge in [-0.25, -0.2) is 0 Å². The van der Waals surface area contributed by atoms with E-state index in [1.165, 1.54) is 15.8 Å². The van der Waals surface area contributed by atoms with E-state index < -0.39 is 29.4 Å². The van der Waals surface area contributed by atoms with Gasteiger partial charge < -0.3 is 14.9 Å². The van der Waals surface area contributed by atoms with Crippen LogP contribution in [0.1, 0.15) is 72.4 Å². The summed E-state index contributed by atoms with van der Waals surface area (Å²) in [6.07, 6.45) is -3.06. The monoisotopic (exact) mass is 610 g/mol. The number of hydrogen-bond donors (Lipinski definition) is 1. The lowest BCUT2D eigenvalue weighted by atomic mass is 9.89. The molecule has 0 spiro atoms. The smallest absolute Gasteiger partial charge is 0.416 e. The molecule has 4 rings (SSSR count). The number of halogens is 6. The van der Waals surface area contributed by atoms with Gasteiger partial charge in [0.25, 0.3) is 0 Å². The van der Waals surface area contributed by atoms with E-state index in [-0.39, 0.29) is 31.1 Å². The van der Waals surface area contributed by atoms with Gasteiger partial charge >= 0.3 is 18.3 Å². The van der Waals surface area contributed by atoms with Gasteiger partial charge in [0.05, 0.1) is 11.1 Å². The third kappa shape index (κ3) is 8.45. The molecule has 0 unspecified atom stereocenters. The summed E-state index contributed by atoms with van der Waals surface area (Å²) in [5.41, 5.74) is 1.39. The molecule has 234 valence electrons. The second kappa shape index (κ2) is 13.3. The Hall–Kier alpha value is -3.70. The molecule has 1 aliphatic rings. The van der Waals surface area contributed by atoms with Crippen LogP contribution in [0.2, 0.25) is 0 Å². The molecule has 6 nitrogen and oxygen atoms in total. The Morgan fingerprint density at radius 3 is 2.07 bits per heavy atom. The Balaban J connectivity index is 1.74. The van der Waals surface area contributed by atoms with Gasteiger partial charge in [0.2, 0.25) is 0 Å². The Labute approximate surface area is 246 Å². The first-order valence-corrected chi connectivity index (χ1v) is 14.4. The van der Waals surface area contributed by atoms with Gasteiger partial charge in [-0.3, -0.25) is 9.48 Å². The summed E-state index contributed by atoms with van der Waals surface area (Å²) in [5, 5.41) is 13.5. The van der Waals surface area contributed by atoms with Crippen molar-refractivity contribution in [2.24, 2.45) is 7.05 Å². The maximum atomic E-state index is 13.6. The number of unbranched alkanes of at least 4 members (excludes halogenated alkanes) is 1. The zero-order chi connectivity index (χ0) is 31.4. The van der Waals surface area contributed by atoms with Crippen LogP contribution in [-0.2, 0) is 50.1 Å². The highest BCUT2D eigenvalue weighted by molar-refractivity contribution is 5.66. The van der Waals surface area contributed by atoms with Gasteiger partial charge in [-0.15, -0.1) is 0 Å². The molecule has 1 N–H and O–H groups in total. The van der Waals surface area contributed by atoms with E-state index in [9.17, 15) is 31.1 Å². The summed E-state index contributed by atoms with van der Waals surface area (Å²) >= 11 is 0. The number of benzene rings is 2. The fourth-order valence-corrected chi connectivity index (χ4v) is 5.60. The van der Waals surface area contributed by atoms with E-state index in [1.807, 2.05) is 6.92 Å². The fourth-order valence-electron chi connectivity index (χ4n) is 5.60. The number of anilines is 2. The van der Waals surface area contributed by atoms with Crippen molar-refractivity contribution in [3.63, 3.8) is 0 Å². The van der Waals surface area contributed by atoms with Crippen LogP contribution in [-0.4, -0.2) is 33.9 Å². The highest BCUT2D eigenvalue weighted by Gasteiger charge is 2.37. The molecule has 43 heavy (non-hydrogen) atoms. The van der Waals surface area contributed by atoms with Crippen LogP contribution < -0.4 is 9.80 Å². The predicted octanol–water partition coefficient (Wildman–Crippen LogP) is 7.62. The largest absolute Gasteiger partial charge is 0.481 e. The van der Waals surface area contributed by atoms with Crippen molar-refractivity contribution in [3.8, 4) is 0 Å². The molecular formula is C31H36F6N4O2. The van der Waals surface area contributed by atoms with Crippen LogP contribution in [0.5, 0.6) is 0 Å². The van der Waals surface area contributed by atoms with E-state index in [0.29, 0.717) is 31.7 Å². The number of nitrogens with zero attached hydrogens (tertiary/aromatic N) is 4. The number of aliphatic carboxylic acids is 1. The first kappa shape index (κ1) is 32.2. The zero-order valence-electron chi connectivity index (χ0n) is 24.2. The minimum absolute atomic E-state index is 0.0684. The molecule has 1 aromatic heterocycles. The van der Waals surface area contributed by atoms with Crippen LogP contribution in [0.15, 0.2) is 42.6 Å². The van der Waals surface area contributed by atoms with E-state index in [1.54, 1.807) is 24.2 Å². The van der Waals surface area contributed by atoms with Gasteiger partial charge in [0, 0.05) is 57.6 Å². The molecule has 12 heteroatoms. The average molecular weight is 611 g/mol.